The average Bonchev–Trinajstić information content (AvgIpc) is 3.46. The van der Waals surface area contributed by atoms with Crippen LogP contribution in [0.5, 0.6) is 0 Å². The van der Waals surface area contributed by atoms with Gasteiger partial charge in [-0.2, -0.15) is 10.1 Å². The van der Waals surface area contributed by atoms with Crippen molar-refractivity contribution in [3.8, 4) is 0 Å². The lowest BCUT2D eigenvalue weighted by molar-refractivity contribution is -0.150. The molecule has 1 unspecified atom stereocenters. The van der Waals surface area contributed by atoms with Crippen molar-refractivity contribution in [2.75, 3.05) is 37.6 Å². The fourth-order valence-electron chi connectivity index (χ4n) is 6.54. The van der Waals surface area contributed by atoms with E-state index in [9.17, 15) is 4.79 Å². The highest BCUT2D eigenvalue weighted by Crippen LogP contribution is 2.48. The molecule has 0 aliphatic carbocycles. The first-order chi connectivity index (χ1) is 13.6. The monoisotopic (exact) mass is 387 g/mol. The summed E-state index contributed by atoms with van der Waals surface area (Å²) in [7, 11) is 1.91. The number of hydrogen-bond donors (Lipinski definition) is 0. The van der Waals surface area contributed by atoms with Crippen molar-refractivity contribution >= 4 is 11.9 Å². The predicted octanol–water partition coefficient (Wildman–Crippen LogP) is 0.826. The lowest BCUT2D eigenvalue weighted by Crippen LogP contribution is -2.43. The molecule has 0 saturated carbocycles. The maximum atomic E-state index is 12.8. The third-order valence-electron chi connectivity index (χ3n) is 8.01. The SMILES string of the molecule is Cn1ncnc1N1CCC2(CC1)CC(CN1C[C@@H]3[C@H](C1)[C@H]1CC[C@@H]3O1)OC2=O. The number of esters is 1. The highest BCUT2D eigenvalue weighted by atomic mass is 16.6. The molecule has 5 fully saturated rings. The quantitative estimate of drug-likeness (QED) is 0.711. The molecule has 1 spiro atoms. The number of cyclic esters (lactones) is 1. The van der Waals surface area contributed by atoms with Crippen molar-refractivity contribution < 1.29 is 14.3 Å². The Kier molecular flexibility index (Phi) is 3.79. The Labute approximate surface area is 165 Å². The van der Waals surface area contributed by atoms with E-state index in [-0.39, 0.29) is 17.5 Å². The fourth-order valence-corrected chi connectivity index (χ4v) is 6.54. The first kappa shape index (κ1) is 17.2. The van der Waals surface area contributed by atoms with Crippen LogP contribution in [0.4, 0.5) is 5.95 Å². The maximum Gasteiger partial charge on any atom is 0.312 e. The van der Waals surface area contributed by atoms with Crippen LogP contribution in [0.2, 0.25) is 0 Å². The van der Waals surface area contributed by atoms with Crippen LogP contribution < -0.4 is 4.90 Å². The molecule has 5 saturated heterocycles. The summed E-state index contributed by atoms with van der Waals surface area (Å²) in [6, 6.07) is 0. The highest BCUT2D eigenvalue weighted by Gasteiger charge is 2.55. The number of hydrogen-bond acceptors (Lipinski definition) is 7. The molecule has 2 bridgehead atoms. The van der Waals surface area contributed by atoms with E-state index in [0.717, 1.165) is 57.9 Å². The number of carbonyl (C=O) groups excluding carboxylic acids is 1. The molecular formula is C20H29N5O3. The van der Waals surface area contributed by atoms with E-state index >= 15 is 0 Å². The van der Waals surface area contributed by atoms with Crippen molar-refractivity contribution in [2.24, 2.45) is 24.3 Å². The van der Waals surface area contributed by atoms with E-state index in [1.807, 2.05) is 7.05 Å². The Bertz CT molecular complexity index is 756. The molecule has 152 valence electrons. The Balaban J connectivity index is 1.07. The zero-order valence-corrected chi connectivity index (χ0v) is 16.5. The van der Waals surface area contributed by atoms with Crippen LogP contribution in [0.1, 0.15) is 32.1 Å². The van der Waals surface area contributed by atoms with E-state index in [1.165, 1.54) is 12.8 Å². The average molecular weight is 387 g/mol. The summed E-state index contributed by atoms with van der Waals surface area (Å²) in [5.74, 6) is 2.33. The molecule has 8 nitrogen and oxygen atoms in total. The summed E-state index contributed by atoms with van der Waals surface area (Å²) in [5, 5.41) is 4.16. The van der Waals surface area contributed by atoms with E-state index in [2.05, 4.69) is 19.9 Å². The molecule has 0 amide bonds. The third kappa shape index (κ3) is 2.53. The van der Waals surface area contributed by atoms with Gasteiger partial charge in [-0.25, -0.2) is 4.68 Å². The Morgan fingerprint density at radius 3 is 2.54 bits per heavy atom. The maximum absolute atomic E-state index is 12.8. The molecule has 28 heavy (non-hydrogen) atoms. The molecule has 6 rings (SSSR count). The fraction of sp³-hybridized carbons (Fsp3) is 0.850. The van der Waals surface area contributed by atoms with Gasteiger partial charge in [0.05, 0.1) is 17.6 Å². The molecule has 5 aliphatic rings. The number of rotatable bonds is 3. The Morgan fingerprint density at radius 1 is 1.18 bits per heavy atom. The number of likely N-dealkylation sites (tertiary alicyclic amines) is 1. The molecule has 6 heterocycles. The van der Waals surface area contributed by atoms with Gasteiger partial charge in [0.25, 0.3) is 0 Å². The second-order valence-electron chi connectivity index (χ2n) is 9.52. The van der Waals surface area contributed by atoms with Gasteiger partial charge in [0.1, 0.15) is 12.4 Å². The number of piperidine rings is 1. The van der Waals surface area contributed by atoms with Crippen LogP contribution in [0.3, 0.4) is 0 Å². The van der Waals surface area contributed by atoms with Crippen molar-refractivity contribution in [3.05, 3.63) is 6.33 Å². The van der Waals surface area contributed by atoms with E-state index in [1.54, 1.807) is 11.0 Å². The zero-order valence-electron chi connectivity index (χ0n) is 16.5. The first-order valence-electron chi connectivity index (χ1n) is 10.8. The minimum atomic E-state index is -0.294. The number of aryl methyl sites for hydroxylation is 1. The van der Waals surface area contributed by atoms with E-state index in [0.29, 0.717) is 24.0 Å². The summed E-state index contributed by atoms with van der Waals surface area (Å²) in [6.07, 6.45) is 7.65. The molecule has 1 aromatic heterocycles. The highest BCUT2D eigenvalue weighted by molar-refractivity contribution is 5.79. The first-order valence-corrected chi connectivity index (χ1v) is 10.8. The van der Waals surface area contributed by atoms with Gasteiger partial charge in [0, 0.05) is 58.0 Å². The number of anilines is 1. The topological polar surface area (TPSA) is 72.7 Å². The predicted molar refractivity (Wildman–Crippen MR) is 101 cm³/mol. The van der Waals surface area contributed by atoms with Crippen molar-refractivity contribution in [3.63, 3.8) is 0 Å². The van der Waals surface area contributed by atoms with Crippen molar-refractivity contribution in [1.29, 1.82) is 0 Å². The van der Waals surface area contributed by atoms with Gasteiger partial charge in [-0.05, 0) is 25.7 Å². The van der Waals surface area contributed by atoms with Crippen molar-refractivity contribution in [1.82, 2.24) is 19.7 Å². The summed E-state index contributed by atoms with van der Waals surface area (Å²) >= 11 is 0. The standard InChI is InChI=1S/C20H29N5O3/c1-23-19(21-12-22-23)25-6-4-20(5-7-25)8-13(27-18(20)26)9-24-10-14-15(11-24)17-3-2-16(14)28-17/h12-17H,2-11H2,1H3/t13?,14-,15+,16+,17-. The van der Waals surface area contributed by atoms with Gasteiger partial charge in [-0.15, -0.1) is 0 Å². The second-order valence-corrected chi connectivity index (χ2v) is 9.52. The van der Waals surface area contributed by atoms with Crippen LogP contribution >= 0.6 is 0 Å². The molecule has 0 N–H and O–H groups in total. The molecule has 0 aromatic carbocycles. The van der Waals surface area contributed by atoms with Gasteiger partial charge in [-0.3, -0.25) is 9.69 Å². The number of nitrogens with zero attached hydrogens (tertiary/aromatic N) is 5. The van der Waals surface area contributed by atoms with Crippen molar-refractivity contribution in [2.45, 2.75) is 50.4 Å². The lowest BCUT2D eigenvalue weighted by atomic mass is 9.76. The van der Waals surface area contributed by atoms with Gasteiger partial charge in [0.15, 0.2) is 0 Å². The number of aromatic nitrogens is 3. The second kappa shape index (κ2) is 6.16. The minimum absolute atomic E-state index is 0.0258. The largest absolute Gasteiger partial charge is 0.461 e. The Hall–Kier alpha value is -1.67. The van der Waals surface area contributed by atoms with Crippen LogP contribution in [-0.2, 0) is 21.3 Å². The normalized spacial score (nSPS) is 39.1. The Morgan fingerprint density at radius 2 is 1.89 bits per heavy atom. The molecule has 0 radical (unpaired) electrons. The number of carbonyl (C=O) groups is 1. The van der Waals surface area contributed by atoms with Crippen LogP contribution in [0, 0.1) is 17.3 Å². The molecule has 8 heteroatoms. The van der Waals surface area contributed by atoms with Gasteiger partial charge in [0.2, 0.25) is 5.95 Å². The minimum Gasteiger partial charge on any atom is -0.461 e. The van der Waals surface area contributed by atoms with Crippen LogP contribution in [-0.4, -0.2) is 76.7 Å². The summed E-state index contributed by atoms with van der Waals surface area (Å²) < 4.78 is 13.8. The molecular weight excluding hydrogens is 358 g/mol. The van der Waals surface area contributed by atoms with Crippen LogP contribution in [0.15, 0.2) is 6.33 Å². The molecule has 1 aromatic rings. The van der Waals surface area contributed by atoms with Gasteiger partial charge >= 0.3 is 5.97 Å². The summed E-state index contributed by atoms with van der Waals surface area (Å²) in [4.78, 5) is 21.9. The molecule has 5 aliphatic heterocycles. The third-order valence-corrected chi connectivity index (χ3v) is 8.01. The summed E-state index contributed by atoms with van der Waals surface area (Å²) in [5.41, 5.74) is -0.294. The van der Waals surface area contributed by atoms with Gasteiger partial charge < -0.3 is 14.4 Å². The van der Waals surface area contributed by atoms with Gasteiger partial charge in [-0.1, -0.05) is 0 Å². The summed E-state index contributed by atoms with van der Waals surface area (Å²) in [6.45, 7) is 4.80. The van der Waals surface area contributed by atoms with E-state index < -0.39 is 0 Å². The lowest BCUT2D eigenvalue weighted by Gasteiger charge is -2.36. The number of fused-ring (bicyclic) bond motifs is 5. The van der Waals surface area contributed by atoms with E-state index in [4.69, 9.17) is 9.47 Å². The molecule has 5 atom stereocenters. The number of ether oxygens (including phenoxy) is 2. The van der Waals surface area contributed by atoms with Crippen LogP contribution in [0.25, 0.3) is 0 Å². The smallest absolute Gasteiger partial charge is 0.312 e. The zero-order chi connectivity index (χ0) is 18.9.